The van der Waals surface area contributed by atoms with Crippen LogP contribution in [0, 0.1) is 6.92 Å². The summed E-state index contributed by atoms with van der Waals surface area (Å²) in [6.07, 6.45) is 4.61. The summed E-state index contributed by atoms with van der Waals surface area (Å²) in [4.78, 5) is 29.4. The van der Waals surface area contributed by atoms with Gasteiger partial charge in [-0.2, -0.15) is 9.78 Å². The molecule has 2 N–H and O–H groups in total. The number of amides is 2. The largest absolute Gasteiger partial charge is 0.328 e. The Bertz CT molecular complexity index is 1140. The number of hydrogen-bond acceptors (Lipinski definition) is 7. The Labute approximate surface area is 168 Å². The number of hydrogen-bond donors (Lipinski definition) is 2. The Kier molecular flexibility index (Phi) is 4.88. The van der Waals surface area contributed by atoms with Gasteiger partial charge in [-0.05, 0) is 32.0 Å². The number of nitrogens with one attached hydrogen (secondary N) is 2. The maximum atomic E-state index is 12.5. The molecule has 1 atom stereocenters. The van der Waals surface area contributed by atoms with Crippen molar-refractivity contribution < 1.29 is 4.79 Å². The fourth-order valence-corrected chi connectivity index (χ4v) is 3.73. The van der Waals surface area contributed by atoms with Crippen molar-refractivity contribution in [2.75, 3.05) is 5.32 Å². The van der Waals surface area contributed by atoms with Crippen LogP contribution >= 0.6 is 22.9 Å². The van der Waals surface area contributed by atoms with Crippen LogP contribution in [0.2, 0.25) is 5.02 Å². The quantitative estimate of drug-likeness (QED) is 0.528. The first-order valence-electron chi connectivity index (χ1n) is 8.33. The molecule has 142 valence electrons. The molecule has 0 bridgehead atoms. The highest BCUT2D eigenvalue weighted by molar-refractivity contribution is 7.18. The van der Waals surface area contributed by atoms with E-state index in [2.05, 4.69) is 35.7 Å². The normalized spacial score (nSPS) is 12.1. The lowest BCUT2D eigenvalue weighted by Gasteiger charge is -2.15. The SMILES string of the molecule is Cc1nc2cc(Cl)c(NC(=O)NC(C)c3ncnn3-c3ncccn3)cc2s1. The van der Waals surface area contributed by atoms with E-state index in [9.17, 15) is 4.79 Å². The topological polar surface area (TPSA) is 111 Å². The molecule has 3 heterocycles. The van der Waals surface area contributed by atoms with Crippen LogP contribution in [0.1, 0.15) is 23.8 Å². The van der Waals surface area contributed by atoms with E-state index in [1.165, 1.54) is 22.3 Å². The van der Waals surface area contributed by atoms with Gasteiger partial charge in [0.05, 0.1) is 32.0 Å². The number of aromatic nitrogens is 6. The Morgan fingerprint density at radius 2 is 2.04 bits per heavy atom. The number of rotatable bonds is 4. The smallest absolute Gasteiger partial charge is 0.319 e. The average Bonchev–Trinajstić information content (AvgIpc) is 3.28. The third kappa shape index (κ3) is 3.64. The van der Waals surface area contributed by atoms with Gasteiger partial charge in [-0.15, -0.1) is 11.3 Å². The first kappa shape index (κ1) is 18.3. The number of benzene rings is 1. The van der Waals surface area contributed by atoms with Crippen LogP contribution in [0.5, 0.6) is 0 Å². The van der Waals surface area contributed by atoms with Gasteiger partial charge in [0.15, 0.2) is 5.82 Å². The van der Waals surface area contributed by atoms with Gasteiger partial charge >= 0.3 is 6.03 Å². The minimum absolute atomic E-state index is 0.373. The van der Waals surface area contributed by atoms with Crippen LogP contribution in [0.15, 0.2) is 36.9 Å². The predicted molar refractivity (Wildman–Crippen MR) is 107 cm³/mol. The summed E-state index contributed by atoms with van der Waals surface area (Å²) in [5.41, 5.74) is 1.32. The van der Waals surface area contributed by atoms with Crippen LogP contribution in [-0.4, -0.2) is 35.7 Å². The zero-order valence-corrected chi connectivity index (χ0v) is 16.5. The summed E-state index contributed by atoms with van der Waals surface area (Å²) in [6.45, 7) is 3.72. The number of urea groups is 1. The number of thiazole rings is 1. The second-order valence-corrected chi connectivity index (χ2v) is 7.57. The Morgan fingerprint density at radius 3 is 2.82 bits per heavy atom. The number of nitrogens with zero attached hydrogens (tertiary/aromatic N) is 6. The number of carbonyl (C=O) groups is 1. The lowest BCUT2D eigenvalue weighted by atomic mass is 10.3. The van der Waals surface area contributed by atoms with Gasteiger partial charge in [-0.3, -0.25) is 0 Å². The van der Waals surface area contributed by atoms with Crippen molar-refractivity contribution in [1.29, 1.82) is 0 Å². The van der Waals surface area contributed by atoms with E-state index in [-0.39, 0.29) is 0 Å². The molecule has 4 rings (SSSR count). The maximum Gasteiger partial charge on any atom is 0.319 e. The number of fused-ring (bicyclic) bond motifs is 1. The van der Waals surface area contributed by atoms with Crippen LogP contribution in [0.25, 0.3) is 16.2 Å². The van der Waals surface area contributed by atoms with E-state index >= 15 is 0 Å². The molecule has 0 radical (unpaired) electrons. The fraction of sp³-hybridized carbons (Fsp3) is 0.176. The zero-order valence-electron chi connectivity index (χ0n) is 14.9. The van der Waals surface area contributed by atoms with Crippen LogP contribution in [0.3, 0.4) is 0 Å². The zero-order chi connectivity index (χ0) is 19.7. The van der Waals surface area contributed by atoms with Gasteiger partial charge in [0.25, 0.3) is 5.95 Å². The highest BCUT2D eigenvalue weighted by Gasteiger charge is 2.18. The Balaban J connectivity index is 1.50. The van der Waals surface area contributed by atoms with E-state index < -0.39 is 12.1 Å². The third-order valence-corrected chi connectivity index (χ3v) is 5.13. The standard InChI is InChI=1S/C17H15ClN8OS/c1-9(15-21-8-22-26(15)16-19-4-3-5-20-16)23-17(27)25-12-7-14-13(6-11(12)18)24-10(2)28-14/h3-9H,1-2H3,(H2,23,25,27). The molecule has 11 heteroatoms. The molecule has 0 aliphatic heterocycles. The minimum Gasteiger partial charge on any atom is -0.328 e. The van der Waals surface area contributed by atoms with Crippen molar-refractivity contribution in [1.82, 2.24) is 35.0 Å². The number of aryl methyl sites for hydroxylation is 1. The second kappa shape index (κ2) is 7.49. The summed E-state index contributed by atoms with van der Waals surface area (Å²) in [5, 5.41) is 11.1. The number of carbonyl (C=O) groups excluding carboxylic acids is 1. The summed E-state index contributed by atoms with van der Waals surface area (Å²) >= 11 is 7.81. The highest BCUT2D eigenvalue weighted by atomic mass is 35.5. The molecule has 9 nitrogen and oxygen atoms in total. The van der Waals surface area contributed by atoms with Gasteiger partial charge in [-0.1, -0.05) is 11.6 Å². The van der Waals surface area contributed by atoms with Gasteiger partial charge in [0.1, 0.15) is 6.33 Å². The first-order chi connectivity index (χ1) is 13.5. The minimum atomic E-state index is -0.445. The molecule has 0 aliphatic carbocycles. The first-order valence-corrected chi connectivity index (χ1v) is 9.52. The van der Waals surface area contributed by atoms with Crippen LogP contribution < -0.4 is 10.6 Å². The summed E-state index contributed by atoms with van der Waals surface area (Å²) < 4.78 is 2.43. The molecule has 3 aromatic heterocycles. The molecule has 28 heavy (non-hydrogen) atoms. The lowest BCUT2D eigenvalue weighted by Crippen LogP contribution is -2.32. The lowest BCUT2D eigenvalue weighted by molar-refractivity contribution is 0.248. The summed E-state index contributed by atoms with van der Waals surface area (Å²) in [6, 6.07) is 4.40. The van der Waals surface area contributed by atoms with E-state index in [0.717, 1.165) is 15.2 Å². The number of anilines is 1. The molecule has 1 unspecified atom stereocenters. The van der Waals surface area contributed by atoms with E-state index in [1.807, 2.05) is 13.0 Å². The van der Waals surface area contributed by atoms with Gasteiger partial charge in [0, 0.05) is 12.4 Å². The Morgan fingerprint density at radius 1 is 1.25 bits per heavy atom. The van der Waals surface area contributed by atoms with Gasteiger partial charge in [-0.25, -0.2) is 24.7 Å². The van der Waals surface area contributed by atoms with Crippen LogP contribution in [-0.2, 0) is 0 Å². The summed E-state index contributed by atoms with van der Waals surface area (Å²) in [5.74, 6) is 0.874. The Hall–Kier alpha value is -3.11. The molecule has 0 aliphatic rings. The molecular formula is C17H15ClN8OS. The monoisotopic (exact) mass is 414 g/mol. The summed E-state index contributed by atoms with van der Waals surface area (Å²) in [7, 11) is 0. The van der Waals surface area contributed by atoms with Crippen molar-refractivity contribution in [3.05, 3.63) is 52.8 Å². The predicted octanol–water partition coefficient (Wildman–Crippen LogP) is 3.51. The average molecular weight is 415 g/mol. The third-order valence-electron chi connectivity index (χ3n) is 3.88. The van der Waals surface area contributed by atoms with Crippen molar-refractivity contribution in [3.63, 3.8) is 0 Å². The second-order valence-electron chi connectivity index (χ2n) is 5.93. The van der Waals surface area contributed by atoms with Crippen LogP contribution in [0.4, 0.5) is 10.5 Å². The number of halogens is 1. The molecular weight excluding hydrogens is 400 g/mol. The molecule has 0 saturated carbocycles. The van der Waals surface area contributed by atoms with Crippen molar-refractivity contribution >= 4 is 44.9 Å². The molecule has 2 amide bonds. The highest BCUT2D eigenvalue weighted by Crippen LogP contribution is 2.31. The maximum absolute atomic E-state index is 12.5. The van der Waals surface area contributed by atoms with Crippen molar-refractivity contribution in [2.24, 2.45) is 0 Å². The van der Waals surface area contributed by atoms with Crippen molar-refractivity contribution in [2.45, 2.75) is 19.9 Å². The van der Waals surface area contributed by atoms with E-state index in [4.69, 9.17) is 11.6 Å². The van der Waals surface area contributed by atoms with Gasteiger partial charge < -0.3 is 10.6 Å². The van der Waals surface area contributed by atoms with E-state index in [0.29, 0.717) is 22.5 Å². The fourth-order valence-electron chi connectivity index (χ4n) is 2.68. The van der Waals surface area contributed by atoms with Gasteiger partial charge in [0.2, 0.25) is 0 Å². The molecule has 0 saturated heterocycles. The molecule has 0 spiro atoms. The van der Waals surface area contributed by atoms with Crippen molar-refractivity contribution in [3.8, 4) is 5.95 Å². The van der Waals surface area contributed by atoms with E-state index in [1.54, 1.807) is 31.5 Å². The molecule has 4 aromatic rings. The molecule has 1 aromatic carbocycles. The molecule has 0 fully saturated rings.